The number of ether oxygens (including phenoxy) is 2. The maximum absolute atomic E-state index is 13.9. The molecule has 0 saturated carbocycles. The standard InChI is InChI=1S/C41H51N11O9/c1-9-51-29(14-22(3)45-51)38(58)43-40-47(6)27-16-25(24(5)54)18-33(60-8)35(27)49(40)20-31(55)32(56)21-50-36-28(17-26(37(42)57)19-34(36)61-13-11-12-53)48(7)41(50)44-39(59)30-15-23(4)46-52(30)10-2/h14-19,31-32,53,55-56H,9-13,20-21H2,1-8H3,(H2,42,57)/t31-,32-/m1/s1. The zero-order valence-electron chi connectivity index (χ0n) is 35.4. The highest BCUT2D eigenvalue weighted by Gasteiger charge is 2.27. The van der Waals surface area contributed by atoms with Gasteiger partial charge in [-0.05, 0) is 71.0 Å². The molecule has 20 heteroatoms. The van der Waals surface area contributed by atoms with Crippen molar-refractivity contribution < 1.29 is 44.0 Å². The van der Waals surface area contributed by atoms with Crippen LogP contribution < -0.4 is 26.4 Å². The van der Waals surface area contributed by atoms with Crippen molar-refractivity contribution in [3.05, 3.63) is 81.5 Å². The zero-order valence-corrected chi connectivity index (χ0v) is 35.4. The number of aryl methyl sites for hydroxylation is 6. The molecular formula is C41H51N11O9. The van der Waals surface area contributed by atoms with Gasteiger partial charge in [0.25, 0.3) is 11.8 Å². The van der Waals surface area contributed by atoms with E-state index in [1.165, 1.54) is 44.7 Å². The number of amides is 3. The summed E-state index contributed by atoms with van der Waals surface area (Å²) in [5.41, 5.74) is 9.43. The molecule has 61 heavy (non-hydrogen) atoms. The highest BCUT2D eigenvalue weighted by Crippen LogP contribution is 2.30. The number of imidazole rings is 2. The molecule has 2 atom stereocenters. The molecule has 4 heterocycles. The fraction of sp³-hybridized carbons (Fsp3) is 0.415. The molecule has 0 spiro atoms. The quantitative estimate of drug-likeness (QED) is 0.0798. The molecule has 0 aliphatic heterocycles. The Kier molecular flexibility index (Phi) is 12.9. The van der Waals surface area contributed by atoms with Gasteiger partial charge in [-0.1, -0.05) is 0 Å². The van der Waals surface area contributed by atoms with E-state index in [0.29, 0.717) is 52.1 Å². The number of aliphatic hydroxyl groups is 3. The number of ketones is 1. The third-order valence-electron chi connectivity index (χ3n) is 10.4. The van der Waals surface area contributed by atoms with Gasteiger partial charge in [0.1, 0.15) is 33.9 Å². The number of fused-ring (bicyclic) bond motifs is 2. The van der Waals surface area contributed by atoms with E-state index in [9.17, 15) is 34.5 Å². The van der Waals surface area contributed by atoms with Crippen LogP contribution in [0.1, 0.15) is 80.3 Å². The number of carbonyl (C=O) groups is 4. The van der Waals surface area contributed by atoms with Crippen LogP contribution in [0.4, 0.5) is 0 Å². The minimum Gasteiger partial charge on any atom is -0.494 e. The maximum Gasteiger partial charge on any atom is 0.298 e. The molecule has 0 unspecified atom stereocenters. The van der Waals surface area contributed by atoms with Crippen LogP contribution in [0, 0.1) is 13.8 Å². The van der Waals surface area contributed by atoms with Crippen LogP contribution >= 0.6 is 0 Å². The number of carbonyl (C=O) groups excluding carboxylic acids is 4. The van der Waals surface area contributed by atoms with Crippen LogP contribution in [-0.4, -0.2) is 109 Å². The van der Waals surface area contributed by atoms with Crippen LogP contribution in [0.15, 0.2) is 46.4 Å². The van der Waals surface area contributed by atoms with Gasteiger partial charge in [0.2, 0.25) is 17.1 Å². The average molecular weight is 842 g/mol. The lowest BCUT2D eigenvalue weighted by molar-refractivity contribution is -0.000241. The van der Waals surface area contributed by atoms with Crippen LogP contribution in [0.25, 0.3) is 22.1 Å². The lowest BCUT2D eigenvalue weighted by atomic mass is 10.1. The number of benzene rings is 2. The summed E-state index contributed by atoms with van der Waals surface area (Å²) >= 11 is 0. The zero-order chi connectivity index (χ0) is 44.4. The van der Waals surface area contributed by atoms with Crippen molar-refractivity contribution in [1.29, 1.82) is 0 Å². The molecule has 324 valence electrons. The lowest BCUT2D eigenvalue weighted by Crippen LogP contribution is -2.40. The van der Waals surface area contributed by atoms with Gasteiger partial charge >= 0.3 is 0 Å². The number of hydrogen-bond acceptors (Lipinski definition) is 11. The Labute approximate surface area is 349 Å². The van der Waals surface area contributed by atoms with E-state index in [1.807, 2.05) is 13.8 Å². The second-order valence-corrected chi connectivity index (χ2v) is 14.6. The second kappa shape index (κ2) is 17.9. The van der Waals surface area contributed by atoms with Gasteiger partial charge in [0.05, 0.1) is 61.4 Å². The number of primary amides is 1. The van der Waals surface area contributed by atoms with Gasteiger partial charge < -0.3 is 48.8 Å². The molecule has 6 aromatic rings. The Balaban J connectivity index is 1.53. The molecule has 5 N–H and O–H groups in total. The molecular weight excluding hydrogens is 791 g/mol. The smallest absolute Gasteiger partial charge is 0.298 e. The fourth-order valence-electron chi connectivity index (χ4n) is 7.32. The summed E-state index contributed by atoms with van der Waals surface area (Å²) in [5.74, 6) is -1.84. The number of Topliss-reactive ketones (excluding diaryl/α,β-unsaturated/α-hetero) is 1. The first kappa shape index (κ1) is 43.9. The number of hydrogen-bond donors (Lipinski definition) is 4. The van der Waals surface area contributed by atoms with Crippen molar-refractivity contribution in [2.75, 3.05) is 20.3 Å². The van der Waals surface area contributed by atoms with Crippen LogP contribution in [0.3, 0.4) is 0 Å². The van der Waals surface area contributed by atoms with Crippen LogP contribution in [0.2, 0.25) is 0 Å². The molecule has 2 aromatic carbocycles. The van der Waals surface area contributed by atoms with Crippen molar-refractivity contribution in [3.8, 4) is 11.5 Å². The average Bonchev–Trinajstić information content (AvgIpc) is 3.95. The Bertz CT molecular complexity index is 2830. The Morgan fingerprint density at radius 2 is 1.21 bits per heavy atom. The third-order valence-corrected chi connectivity index (χ3v) is 10.4. The minimum atomic E-state index is -1.60. The van der Waals surface area contributed by atoms with Gasteiger partial charge in [0, 0.05) is 51.3 Å². The van der Waals surface area contributed by atoms with E-state index < -0.39 is 29.9 Å². The summed E-state index contributed by atoms with van der Waals surface area (Å²) in [6.07, 6.45) is -2.93. The van der Waals surface area contributed by atoms with E-state index >= 15 is 0 Å². The number of methoxy groups -OCH3 is 1. The molecule has 3 amide bonds. The Morgan fingerprint density at radius 3 is 1.64 bits per heavy atom. The summed E-state index contributed by atoms with van der Waals surface area (Å²) in [4.78, 5) is 61.7. The molecule has 0 aliphatic carbocycles. The summed E-state index contributed by atoms with van der Waals surface area (Å²) in [7, 11) is 4.69. The second-order valence-electron chi connectivity index (χ2n) is 14.6. The predicted molar refractivity (Wildman–Crippen MR) is 221 cm³/mol. The maximum atomic E-state index is 13.9. The third kappa shape index (κ3) is 8.54. The van der Waals surface area contributed by atoms with E-state index in [4.69, 9.17) is 15.2 Å². The normalized spacial score (nSPS) is 13.4. The molecule has 20 nitrogen and oxygen atoms in total. The highest BCUT2D eigenvalue weighted by atomic mass is 16.5. The molecule has 0 radical (unpaired) electrons. The van der Waals surface area contributed by atoms with Gasteiger partial charge in [-0.25, -0.2) is 0 Å². The largest absolute Gasteiger partial charge is 0.494 e. The van der Waals surface area contributed by atoms with Gasteiger partial charge in [-0.15, -0.1) is 0 Å². The monoisotopic (exact) mass is 841 g/mol. The topological polar surface area (TPSA) is 254 Å². The molecule has 0 aliphatic rings. The molecule has 0 fully saturated rings. The van der Waals surface area contributed by atoms with Crippen molar-refractivity contribution in [2.45, 2.75) is 79.4 Å². The number of aromatic nitrogens is 8. The first-order chi connectivity index (χ1) is 29.0. The number of nitrogens with two attached hydrogens (primary N) is 1. The Hall–Kier alpha value is -6.64. The first-order valence-corrected chi connectivity index (χ1v) is 19.7. The van der Waals surface area contributed by atoms with Crippen LogP contribution in [-0.2, 0) is 40.3 Å². The van der Waals surface area contributed by atoms with E-state index in [2.05, 4.69) is 20.2 Å². The van der Waals surface area contributed by atoms with Crippen molar-refractivity contribution in [2.24, 2.45) is 29.8 Å². The summed E-state index contributed by atoms with van der Waals surface area (Å²) in [6.45, 7) is 8.56. The SMILES string of the molecule is CCn1nc(C)cc1C(=O)N=c1n(C)c2cc(C(C)=O)cc(OC)c2n1C[C@@H](O)[C@H](O)Cn1c(=NC(=O)c2cc(C)nn2CC)n(C)c2cc(C(N)=O)cc(OCCCO)c21. The minimum absolute atomic E-state index is 0.0294. The summed E-state index contributed by atoms with van der Waals surface area (Å²) < 4.78 is 21.0. The molecule has 0 bridgehead atoms. The molecule has 0 saturated heterocycles. The lowest BCUT2D eigenvalue weighted by Gasteiger charge is -2.21. The van der Waals surface area contributed by atoms with Crippen molar-refractivity contribution >= 4 is 45.6 Å². The van der Waals surface area contributed by atoms with Gasteiger partial charge in [-0.2, -0.15) is 20.2 Å². The summed E-state index contributed by atoms with van der Waals surface area (Å²) in [5, 5.41) is 42.2. The van der Waals surface area contributed by atoms with Gasteiger partial charge in [0.15, 0.2) is 5.78 Å². The molecule has 4 aromatic heterocycles. The fourth-order valence-corrected chi connectivity index (χ4v) is 7.32. The van der Waals surface area contributed by atoms with Gasteiger partial charge in [-0.3, -0.25) is 28.5 Å². The number of aliphatic hydroxyl groups excluding tert-OH is 3. The van der Waals surface area contributed by atoms with E-state index in [1.54, 1.807) is 61.3 Å². The predicted octanol–water partition coefficient (Wildman–Crippen LogP) is 1.30. The summed E-state index contributed by atoms with van der Waals surface area (Å²) in [6, 6.07) is 9.33. The highest BCUT2D eigenvalue weighted by molar-refractivity contribution is 6.00. The van der Waals surface area contributed by atoms with Crippen molar-refractivity contribution in [1.82, 2.24) is 37.8 Å². The number of nitrogens with zero attached hydrogens (tertiary/aromatic N) is 10. The number of rotatable bonds is 16. The Morgan fingerprint density at radius 1 is 0.754 bits per heavy atom. The van der Waals surface area contributed by atoms with Crippen LogP contribution in [0.5, 0.6) is 11.5 Å². The first-order valence-electron chi connectivity index (χ1n) is 19.7. The molecule has 6 rings (SSSR count). The van der Waals surface area contributed by atoms with E-state index in [0.717, 1.165) is 0 Å². The van der Waals surface area contributed by atoms with Crippen molar-refractivity contribution in [3.63, 3.8) is 0 Å². The van der Waals surface area contributed by atoms with E-state index in [-0.39, 0.29) is 78.2 Å².